The van der Waals surface area contributed by atoms with E-state index in [9.17, 15) is 9.59 Å². The first-order chi connectivity index (χ1) is 11.6. The lowest BCUT2D eigenvalue weighted by Crippen LogP contribution is -2.46. The molecule has 24 heavy (non-hydrogen) atoms. The first-order valence-corrected chi connectivity index (χ1v) is 7.69. The van der Waals surface area contributed by atoms with Crippen LogP contribution in [0.25, 0.3) is 0 Å². The van der Waals surface area contributed by atoms with E-state index in [1.54, 1.807) is 48.5 Å². The average Bonchev–Trinajstić information content (AvgIpc) is 2.85. The maximum Gasteiger partial charge on any atom is 0.331 e. The van der Waals surface area contributed by atoms with E-state index in [1.165, 1.54) is 6.08 Å². The number of halogens is 1. The molecule has 5 nitrogen and oxygen atoms in total. The Kier molecular flexibility index (Phi) is 4.38. The summed E-state index contributed by atoms with van der Waals surface area (Å²) >= 11 is 5.98. The van der Waals surface area contributed by atoms with Crippen LogP contribution in [0.2, 0.25) is 5.02 Å². The van der Waals surface area contributed by atoms with Crippen LogP contribution in [0, 0.1) is 0 Å². The van der Waals surface area contributed by atoms with Crippen LogP contribution in [-0.4, -0.2) is 18.5 Å². The van der Waals surface area contributed by atoms with E-state index < -0.39 is 17.7 Å². The van der Waals surface area contributed by atoms with Crippen LogP contribution in [0.5, 0.6) is 0 Å². The maximum atomic E-state index is 13.1. The van der Waals surface area contributed by atoms with Crippen molar-refractivity contribution in [1.29, 1.82) is 0 Å². The highest BCUT2D eigenvalue weighted by Gasteiger charge is 2.54. The minimum Gasteiger partial charge on any atom is -0.339 e. The van der Waals surface area contributed by atoms with Gasteiger partial charge in [0.1, 0.15) is 0 Å². The standard InChI is InChI=1S/C18H15ClN2O3/c1-2-11-24-18(13-7-4-3-5-8-13)16(22)21(17(23)20-18)15-10-6-9-14(19)12-15/h2-10,12H,1,11H2,(H,20,23). The molecule has 0 bridgehead atoms. The van der Waals surface area contributed by atoms with Gasteiger partial charge in [0.15, 0.2) is 0 Å². The second-order valence-electron chi connectivity index (χ2n) is 5.20. The zero-order valence-electron chi connectivity index (χ0n) is 12.7. The summed E-state index contributed by atoms with van der Waals surface area (Å²) in [4.78, 5) is 26.6. The van der Waals surface area contributed by atoms with E-state index in [-0.39, 0.29) is 6.61 Å². The van der Waals surface area contributed by atoms with Crippen LogP contribution in [-0.2, 0) is 15.3 Å². The summed E-state index contributed by atoms with van der Waals surface area (Å²) in [6, 6.07) is 14.8. The average molecular weight is 343 g/mol. The van der Waals surface area contributed by atoms with Crippen LogP contribution >= 0.6 is 11.6 Å². The lowest BCUT2D eigenvalue weighted by atomic mass is 10.0. The van der Waals surface area contributed by atoms with Crippen molar-refractivity contribution in [3.63, 3.8) is 0 Å². The van der Waals surface area contributed by atoms with Gasteiger partial charge in [-0.25, -0.2) is 9.69 Å². The largest absolute Gasteiger partial charge is 0.339 e. The van der Waals surface area contributed by atoms with Gasteiger partial charge in [-0.3, -0.25) is 10.1 Å². The highest BCUT2D eigenvalue weighted by atomic mass is 35.5. The maximum absolute atomic E-state index is 13.1. The fourth-order valence-electron chi connectivity index (χ4n) is 2.59. The third-order valence-corrected chi connectivity index (χ3v) is 3.89. The Morgan fingerprint density at radius 2 is 1.92 bits per heavy atom. The van der Waals surface area contributed by atoms with Crippen LogP contribution < -0.4 is 10.2 Å². The van der Waals surface area contributed by atoms with E-state index >= 15 is 0 Å². The molecule has 0 saturated carbocycles. The lowest BCUT2D eigenvalue weighted by Gasteiger charge is -2.26. The van der Waals surface area contributed by atoms with E-state index in [2.05, 4.69) is 11.9 Å². The first-order valence-electron chi connectivity index (χ1n) is 7.31. The third kappa shape index (κ3) is 2.68. The first kappa shape index (κ1) is 16.2. The number of rotatable bonds is 5. The van der Waals surface area contributed by atoms with Crippen LogP contribution in [0.15, 0.2) is 67.3 Å². The quantitative estimate of drug-likeness (QED) is 0.668. The summed E-state index contributed by atoms with van der Waals surface area (Å²) in [6.45, 7) is 3.70. The molecule has 2 aromatic rings. The number of carbonyl (C=O) groups excluding carboxylic acids is 2. The SMILES string of the molecule is C=CCOC1(c2ccccc2)NC(=O)N(c2cccc(Cl)c2)C1=O. The summed E-state index contributed by atoms with van der Waals surface area (Å²) in [7, 11) is 0. The Morgan fingerprint density at radius 3 is 2.58 bits per heavy atom. The van der Waals surface area contributed by atoms with Gasteiger partial charge in [0, 0.05) is 10.6 Å². The molecule has 0 spiro atoms. The summed E-state index contributed by atoms with van der Waals surface area (Å²) in [5.74, 6) is -0.525. The minimum atomic E-state index is -1.59. The summed E-state index contributed by atoms with van der Waals surface area (Å²) in [5.41, 5.74) is -0.672. The predicted octanol–water partition coefficient (Wildman–Crippen LogP) is 3.45. The molecule has 1 unspecified atom stereocenters. The van der Waals surface area contributed by atoms with Gasteiger partial charge in [0.2, 0.25) is 0 Å². The minimum absolute atomic E-state index is 0.101. The number of hydrogen-bond donors (Lipinski definition) is 1. The molecular formula is C18H15ClN2O3. The number of imide groups is 1. The molecule has 2 aromatic carbocycles. The Bertz CT molecular complexity index is 794. The fourth-order valence-corrected chi connectivity index (χ4v) is 2.78. The summed E-state index contributed by atoms with van der Waals surface area (Å²) in [6.07, 6.45) is 1.52. The number of nitrogens with zero attached hydrogens (tertiary/aromatic N) is 1. The summed E-state index contributed by atoms with van der Waals surface area (Å²) < 4.78 is 5.72. The molecule has 0 aromatic heterocycles. The topological polar surface area (TPSA) is 58.6 Å². The smallest absolute Gasteiger partial charge is 0.331 e. The monoisotopic (exact) mass is 342 g/mol. The lowest BCUT2D eigenvalue weighted by molar-refractivity contribution is -0.142. The molecule has 1 fully saturated rings. The molecule has 0 aliphatic carbocycles. The number of benzene rings is 2. The Balaban J connectivity index is 2.07. The molecule has 6 heteroatoms. The van der Waals surface area contributed by atoms with Gasteiger partial charge in [0.05, 0.1) is 12.3 Å². The Labute approximate surface area is 144 Å². The van der Waals surface area contributed by atoms with Crippen LogP contribution in [0.1, 0.15) is 5.56 Å². The Morgan fingerprint density at radius 1 is 1.17 bits per heavy atom. The van der Waals surface area contributed by atoms with Crippen molar-refractivity contribution in [2.24, 2.45) is 0 Å². The molecule has 0 radical (unpaired) electrons. The van der Waals surface area contributed by atoms with Gasteiger partial charge in [-0.1, -0.05) is 54.1 Å². The van der Waals surface area contributed by atoms with Gasteiger partial charge in [-0.2, -0.15) is 0 Å². The second kappa shape index (κ2) is 6.47. The van der Waals surface area contributed by atoms with Gasteiger partial charge in [0.25, 0.3) is 11.6 Å². The number of anilines is 1. The Hall–Kier alpha value is -2.63. The molecule has 1 aliphatic heterocycles. The number of ether oxygens (including phenoxy) is 1. The third-order valence-electron chi connectivity index (χ3n) is 3.65. The molecule has 3 amide bonds. The highest BCUT2D eigenvalue weighted by molar-refractivity contribution is 6.31. The molecular weight excluding hydrogens is 328 g/mol. The molecule has 1 saturated heterocycles. The van der Waals surface area contributed by atoms with Gasteiger partial charge in [-0.05, 0) is 18.2 Å². The van der Waals surface area contributed by atoms with Crippen molar-refractivity contribution in [3.8, 4) is 0 Å². The van der Waals surface area contributed by atoms with Gasteiger partial charge in [-0.15, -0.1) is 6.58 Å². The van der Waals surface area contributed by atoms with Crippen molar-refractivity contribution >= 4 is 29.2 Å². The van der Waals surface area contributed by atoms with Crippen molar-refractivity contribution in [1.82, 2.24) is 5.32 Å². The van der Waals surface area contributed by atoms with Gasteiger partial charge < -0.3 is 4.74 Å². The zero-order valence-corrected chi connectivity index (χ0v) is 13.5. The molecule has 1 heterocycles. The number of urea groups is 1. The van der Waals surface area contributed by atoms with Crippen LogP contribution in [0.4, 0.5) is 10.5 Å². The van der Waals surface area contributed by atoms with Crippen molar-refractivity contribution in [2.75, 3.05) is 11.5 Å². The highest BCUT2D eigenvalue weighted by Crippen LogP contribution is 2.34. The number of nitrogens with one attached hydrogen (secondary N) is 1. The number of hydrogen-bond acceptors (Lipinski definition) is 3. The van der Waals surface area contributed by atoms with E-state index in [1.807, 2.05) is 6.07 Å². The molecule has 1 atom stereocenters. The number of carbonyl (C=O) groups is 2. The fraction of sp³-hybridized carbons (Fsp3) is 0.111. The van der Waals surface area contributed by atoms with E-state index in [0.29, 0.717) is 16.3 Å². The zero-order chi connectivity index (χ0) is 17.2. The number of amides is 3. The van der Waals surface area contributed by atoms with Crippen molar-refractivity contribution in [3.05, 3.63) is 77.8 Å². The normalized spacial score (nSPS) is 20.1. The van der Waals surface area contributed by atoms with Gasteiger partial charge >= 0.3 is 6.03 Å². The molecule has 3 rings (SSSR count). The van der Waals surface area contributed by atoms with E-state index in [0.717, 1.165) is 4.90 Å². The van der Waals surface area contributed by atoms with Crippen molar-refractivity contribution in [2.45, 2.75) is 5.72 Å². The molecule has 122 valence electrons. The molecule has 1 aliphatic rings. The molecule has 1 N–H and O–H groups in total. The second-order valence-corrected chi connectivity index (χ2v) is 5.63. The van der Waals surface area contributed by atoms with E-state index in [4.69, 9.17) is 16.3 Å². The van der Waals surface area contributed by atoms with Crippen LogP contribution in [0.3, 0.4) is 0 Å². The predicted molar refractivity (Wildman–Crippen MR) is 91.7 cm³/mol. The van der Waals surface area contributed by atoms with Crippen molar-refractivity contribution < 1.29 is 14.3 Å². The summed E-state index contributed by atoms with van der Waals surface area (Å²) in [5, 5.41) is 3.09.